The second kappa shape index (κ2) is 6.38. The number of nitrogens with two attached hydrogens (primary N) is 1. The molecule has 0 unspecified atom stereocenters. The first kappa shape index (κ1) is 13.7. The van der Waals surface area contributed by atoms with Gasteiger partial charge in [0.15, 0.2) is 0 Å². The highest BCUT2D eigenvalue weighted by molar-refractivity contribution is 7.09. The molecule has 0 saturated heterocycles. The Balaban J connectivity index is 2.27. The molecule has 1 heterocycles. The second-order valence-corrected chi connectivity index (χ2v) is 6.30. The number of nitrogens with zero attached hydrogens (tertiary/aromatic N) is 1. The van der Waals surface area contributed by atoms with Crippen LogP contribution in [0.1, 0.15) is 25.1 Å². The van der Waals surface area contributed by atoms with E-state index in [0.29, 0.717) is 5.41 Å². The fraction of sp³-hybridized carbons (Fsp3) is 0.692. The van der Waals surface area contributed by atoms with Gasteiger partial charge < -0.3 is 10.6 Å². The lowest BCUT2D eigenvalue weighted by atomic mass is 9.89. The summed E-state index contributed by atoms with van der Waals surface area (Å²) in [6.45, 7) is 7.62. The summed E-state index contributed by atoms with van der Waals surface area (Å²) in [4.78, 5) is 3.89. The fourth-order valence-corrected chi connectivity index (χ4v) is 2.73. The summed E-state index contributed by atoms with van der Waals surface area (Å²) in [5.74, 6) is 0. The highest BCUT2D eigenvalue weighted by atomic mass is 32.1. The molecule has 0 aromatic carbocycles. The van der Waals surface area contributed by atoms with Crippen molar-refractivity contribution in [2.75, 3.05) is 26.7 Å². The zero-order valence-electron chi connectivity index (χ0n) is 10.7. The summed E-state index contributed by atoms with van der Waals surface area (Å²) in [5.41, 5.74) is 5.96. The Kier molecular flexibility index (Phi) is 5.46. The summed E-state index contributed by atoms with van der Waals surface area (Å²) in [6, 6.07) is 4.34. The summed E-state index contributed by atoms with van der Waals surface area (Å²) in [7, 11) is 2.20. The molecule has 0 saturated carbocycles. The standard InChI is InChI=1S/C13H24N2S/c1-13(2,7-8-14)11-15(3)9-6-12-5-4-10-16-12/h4-5,10H,6-9,11,14H2,1-3H3. The monoisotopic (exact) mass is 240 g/mol. The van der Waals surface area contributed by atoms with Crippen molar-refractivity contribution in [2.45, 2.75) is 26.7 Å². The number of rotatable bonds is 7. The van der Waals surface area contributed by atoms with Gasteiger partial charge in [0.05, 0.1) is 0 Å². The van der Waals surface area contributed by atoms with Crippen LogP contribution in [0.3, 0.4) is 0 Å². The predicted molar refractivity (Wildman–Crippen MR) is 73.0 cm³/mol. The van der Waals surface area contributed by atoms with Gasteiger partial charge in [-0.15, -0.1) is 11.3 Å². The van der Waals surface area contributed by atoms with E-state index in [0.717, 1.165) is 32.5 Å². The largest absolute Gasteiger partial charge is 0.330 e. The minimum absolute atomic E-state index is 0.332. The highest BCUT2D eigenvalue weighted by Crippen LogP contribution is 2.20. The van der Waals surface area contributed by atoms with Crippen molar-refractivity contribution in [2.24, 2.45) is 11.1 Å². The number of thiophene rings is 1. The van der Waals surface area contributed by atoms with E-state index in [1.54, 1.807) is 0 Å². The molecule has 0 aliphatic carbocycles. The van der Waals surface area contributed by atoms with Crippen LogP contribution in [0.25, 0.3) is 0 Å². The van der Waals surface area contributed by atoms with Gasteiger partial charge >= 0.3 is 0 Å². The maximum Gasteiger partial charge on any atom is 0.00579 e. The van der Waals surface area contributed by atoms with Gasteiger partial charge in [0.25, 0.3) is 0 Å². The van der Waals surface area contributed by atoms with Gasteiger partial charge in [-0.1, -0.05) is 19.9 Å². The van der Waals surface area contributed by atoms with Gasteiger partial charge in [-0.05, 0) is 43.3 Å². The van der Waals surface area contributed by atoms with Crippen molar-refractivity contribution >= 4 is 11.3 Å². The van der Waals surface area contributed by atoms with Gasteiger partial charge in [-0.25, -0.2) is 0 Å². The third-order valence-electron chi connectivity index (χ3n) is 2.84. The smallest absolute Gasteiger partial charge is 0.00579 e. The first-order valence-electron chi connectivity index (χ1n) is 5.94. The van der Waals surface area contributed by atoms with Crippen LogP contribution in [0.5, 0.6) is 0 Å². The molecule has 0 amide bonds. The summed E-state index contributed by atoms with van der Waals surface area (Å²) in [5, 5.41) is 2.15. The average Bonchev–Trinajstić information content (AvgIpc) is 2.66. The molecule has 16 heavy (non-hydrogen) atoms. The molecule has 1 aromatic rings. The Morgan fingerprint density at radius 2 is 2.19 bits per heavy atom. The Hall–Kier alpha value is -0.380. The second-order valence-electron chi connectivity index (χ2n) is 5.27. The molecule has 2 N–H and O–H groups in total. The number of hydrogen-bond acceptors (Lipinski definition) is 3. The maximum atomic E-state index is 5.62. The zero-order valence-corrected chi connectivity index (χ0v) is 11.5. The van der Waals surface area contributed by atoms with Crippen molar-refractivity contribution < 1.29 is 0 Å². The molecule has 0 atom stereocenters. The maximum absolute atomic E-state index is 5.62. The van der Waals surface area contributed by atoms with E-state index < -0.39 is 0 Å². The van der Waals surface area contributed by atoms with Gasteiger partial charge in [0, 0.05) is 18.0 Å². The van der Waals surface area contributed by atoms with Gasteiger partial charge in [0.2, 0.25) is 0 Å². The van der Waals surface area contributed by atoms with Gasteiger partial charge in [-0.3, -0.25) is 0 Å². The van der Waals surface area contributed by atoms with E-state index >= 15 is 0 Å². The van der Waals surface area contributed by atoms with Crippen LogP contribution in [0.4, 0.5) is 0 Å². The van der Waals surface area contributed by atoms with Crippen molar-refractivity contribution in [3.63, 3.8) is 0 Å². The normalized spacial score (nSPS) is 12.3. The van der Waals surface area contributed by atoms with Crippen molar-refractivity contribution in [1.29, 1.82) is 0 Å². The SMILES string of the molecule is CN(CCc1cccs1)CC(C)(C)CCN. The average molecular weight is 240 g/mol. The number of hydrogen-bond donors (Lipinski definition) is 1. The molecule has 0 bridgehead atoms. The quantitative estimate of drug-likeness (QED) is 0.794. The van der Waals surface area contributed by atoms with E-state index in [4.69, 9.17) is 5.73 Å². The molecule has 0 aliphatic heterocycles. The molecule has 92 valence electrons. The Bertz CT molecular complexity index is 280. The number of likely N-dealkylation sites (N-methyl/N-ethyl adjacent to an activating group) is 1. The molecule has 1 rings (SSSR count). The topological polar surface area (TPSA) is 29.3 Å². The first-order valence-corrected chi connectivity index (χ1v) is 6.82. The Labute approximate surface area is 103 Å². The zero-order chi connectivity index (χ0) is 12.0. The highest BCUT2D eigenvalue weighted by Gasteiger charge is 2.18. The van der Waals surface area contributed by atoms with Crippen LogP contribution >= 0.6 is 11.3 Å². The Morgan fingerprint density at radius 1 is 1.44 bits per heavy atom. The summed E-state index contributed by atoms with van der Waals surface area (Å²) in [6.07, 6.45) is 2.25. The van der Waals surface area contributed by atoms with Crippen LogP contribution in [0, 0.1) is 5.41 Å². The predicted octanol–water partition coefficient (Wildman–Crippen LogP) is 2.60. The van der Waals surface area contributed by atoms with Crippen LogP contribution in [-0.4, -0.2) is 31.6 Å². The van der Waals surface area contributed by atoms with Crippen molar-refractivity contribution in [1.82, 2.24) is 4.90 Å². The molecular formula is C13H24N2S. The van der Waals surface area contributed by atoms with E-state index in [-0.39, 0.29) is 0 Å². The van der Waals surface area contributed by atoms with Gasteiger partial charge in [0.1, 0.15) is 0 Å². The molecule has 3 heteroatoms. The molecule has 2 nitrogen and oxygen atoms in total. The first-order chi connectivity index (χ1) is 7.53. The minimum atomic E-state index is 0.332. The lowest BCUT2D eigenvalue weighted by Crippen LogP contribution is -2.34. The summed E-state index contributed by atoms with van der Waals surface area (Å²) < 4.78 is 0. The van der Waals surface area contributed by atoms with E-state index in [1.807, 2.05) is 11.3 Å². The minimum Gasteiger partial charge on any atom is -0.330 e. The van der Waals surface area contributed by atoms with Crippen molar-refractivity contribution in [3.05, 3.63) is 22.4 Å². The van der Waals surface area contributed by atoms with Gasteiger partial charge in [-0.2, -0.15) is 0 Å². The van der Waals surface area contributed by atoms with Crippen molar-refractivity contribution in [3.8, 4) is 0 Å². The van der Waals surface area contributed by atoms with Crippen LogP contribution in [-0.2, 0) is 6.42 Å². The third-order valence-corrected chi connectivity index (χ3v) is 3.78. The van der Waals surface area contributed by atoms with E-state index in [9.17, 15) is 0 Å². The van der Waals surface area contributed by atoms with Crippen LogP contribution < -0.4 is 5.73 Å². The molecule has 0 fully saturated rings. The lowest BCUT2D eigenvalue weighted by molar-refractivity contribution is 0.202. The third kappa shape index (κ3) is 5.10. The molecule has 0 spiro atoms. The fourth-order valence-electron chi connectivity index (χ4n) is 2.04. The molecule has 0 aliphatic rings. The van der Waals surface area contributed by atoms with Crippen LogP contribution in [0.15, 0.2) is 17.5 Å². The molecule has 0 radical (unpaired) electrons. The van der Waals surface area contributed by atoms with Crippen LogP contribution in [0.2, 0.25) is 0 Å². The van der Waals surface area contributed by atoms with E-state index in [2.05, 4.69) is 43.3 Å². The molecular weight excluding hydrogens is 216 g/mol. The molecule has 1 aromatic heterocycles. The Morgan fingerprint density at radius 3 is 2.75 bits per heavy atom. The summed E-state index contributed by atoms with van der Waals surface area (Å²) >= 11 is 1.85. The lowest BCUT2D eigenvalue weighted by Gasteiger charge is -2.29. The van der Waals surface area contributed by atoms with E-state index in [1.165, 1.54) is 4.88 Å².